The number of piperidine rings is 1. The zero-order valence-corrected chi connectivity index (χ0v) is 14.6. The van der Waals surface area contributed by atoms with E-state index in [4.69, 9.17) is 5.73 Å². The summed E-state index contributed by atoms with van der Waals surface area (Å²) >= 11 is 0. The van der Waals surface area contributed by atoms with Crippen LogP contribution in [-0.2, 0) is 6.54 Å². The summed E-state index contributed by atoms with van der Waals surface area (Å²) in [6, 6.07) is 19.6. The Hall–Kier alpha value is -1.97. The fraction of sp³-hybridized carbons (Fsp3) is 0.300. The molecular formula is C20H24ClN3. The molecule has 0 radical (unpaired) electrons. The van der Waals surface area contributed by atoms with Gasteiger partial charge in [0, 0.05) is 23.4 Å². The van der Waals surface area contributed by atoms with Crippen molar-refractivity contribution in [1.82, 2.24) is 9.88 Å². The quantitative estimate of drug-likeness (QED) is 0.665. The van der Waals surface area contributed by atoms with Gasteiger partial charge in [0.1, 0.15) is 0 Å². The number of nitrogens with one attached hydrogen (secondary N) is 1. The molecule has 1 atom stereocenters. The van der Waals surface area contributed by atoms with Gasteiger partial charge in [0.2, 0.25) is 0 Å². The van der Waals surface area contributed by atoms with Gasteiger partial charge in [0.05, 0.1) is 6.04 Å². The number of nitrogens with two attached hydrogens (primary N) is 1. The van der Waals surface area contributed by atoms with Crippen molar-refractivity contribution in [3.8, 4) is 0 Å². The molecule has 3 aromatic rings. The van der Waals surface area contributed by atoms with E-state index >= 15 is 0 Å². The zero-order valence-electron chi connectivity index (χ0n) is 13.7. The molecular weight excluding hydrogens is 318 g/mol. The molecule has 3 N–H and O–H groups in total. The lowest BCUT2D eigenvalue weighted by Crippen LogP contribution is -2.33. The fourth-order valence-electron chi connectivity index (χ4n) is 3.73. The Kier molecular flexibility index (Phi) is 5.12. The molecule has 1 unspecified atom stereocenters. The Labute approximate surface area is 149 Å². The fourth-order valence-corrected chi connectivity index (χ4v) is 3.73. The number of fused-ring (bicyclic) bond motifs is 1. The Bertz CT molecular complexity index is 778. The standard InChI is InChI=1S/C20H23N3.ClH/c21-17-8-5-6-15(12-17)14-23-11-4-3-10-20(23)19-13-16-7-1-2-9-18(16)22-19;/h1-2,5-9,12-13,20,22H,3-4,10-11,14,21H2;1H. The van der Waals surface area contributed by atoms with Crippen molar-refractivity contribution < 1.29 is 0 Å². The minimum atomic E-state index is 0. The van der Waals surface area contributed by atoms with E-state index in [1.165, 1.54) is 41.4 Å². The van der Waals surface area contributed by atoms with Gasteiger partial charge in [-0.15, -0.1) is 12.4 Å². The molecule has 0 saturated carbocycles. The van der Waals surface area contributed by atoms with Crippen molar-refractivity contribution in [2.45, 2.75) is 31.8 Å². The molecule has 2 aromatic carbocycles. The molecule has 2 heterocycles. The third-order valence-corrected chi connectivity index (χ3v) is 4.86. The van der Waals surface area contributed by atoms with Crippen molar-refractivity contribution in [2.75, 3.05) is 12.3 Å². The maximum absolute atomic E-state index is 5.94. The topological polar surface area (TPSA) is 45.0 Å². The number of halogens is 1. The number of likely N-dealkylation sites (tertiary alicyclic amines) is 1. The molecule has 4 heteroatoms. The molecule has 24 heavy (non-hydrogen) atoms. The Morgan fingerprint density at radius 3 is 2.75 bits per heavy atom. The number of H-pyrrole nitrogens is 1. The van der Waals surface area contributed by atoms with E-state index in [0.717, 1.165) is 18.8 Å². The summed E-state index contributed by atoms with van der Waals surface area (Å²) in [6.07, 6.45) is 3.79. The van der Waals surface area contributed by atoms with Gasteiger partial charge in [-0.3, -0.25) is 4.90 Å². The first-order chi connectivity index (χ1) is 11.3. The molecule has 1 fully saturated rings. The van der Waals surface area contributed by atoms with E-state index in [1.807, 2.05) is 12.1 Å². The average Bonchev–Trinajstić information content (AvgIpc) is 2.99. The molecule has 0 amide bonds. The van der Waals surface area contributed by atoms with E-state index in [-0.39, 0.29) is 12.4 Å². The number of aromatic nitrogens is 1. The molecule has 0 bridgehead atoms. The van der Waals surface area contributed by atoms with Crippen LogP contribution < -0.4 is 5.73 Å². The minimum absolute atomic E-state index is 0. The number of hydrogen-bond donors (Lipinski definition) is 2. The number of nitrogen functional groups attached to an aromatic ring is 1. The first-order valence-corrected chi connectivity index (χ1v) is 8.46. The van der Waals surface area contributed by atoms with Gasteiger partial charge in [-0.1, -0.05) is 36.8 Å². The van der Waals surface area contributed by atoms with Gasteiger partial charge in [0.25, 0.3) is 0 Å². The highest BCUT2D eigenvalue weighted by atomic mass is 35.5. The number of benzene rings is 2. The van der Waals surface area contributed by atoms with Crippen LogP contribution in [0, 0.1) is 0 Å². The normalized spacial score (nSPS) is 18.4. The number of rotatable bonds is 3. The van der Waals surface area contributed by atoms with Crippen molar-refractivity contribution in [3.63, 3.8) is 0 Å². The van der Waals surface area contributed by atoms with Crippen LogP contribution in [0.2, 0.25) is 0 Å². The maximum atomic E-state index is 5.94. The SMILES string of the molecule is Cl.Nc1cccc(CN2CCCCC2c2cc3ccccc3[nH]2)c1. The Balaban J connectivity index is 0.00000169. The van der Waals surface area contributed by atoms with Crippen molar-refractivity contribution in [1.29, 1.82) is 0 Å². The van der Waals surface area contributed by atoms with Gasteiger partial charge < -0.3 is 10.7 Å². The Morgan fingerprint density at radius 1 is 1.04 bits per heavy atom. The third-order valence-electron chi connectivity index (χ3n) is 4.86. The molecule has 1 aromatic heterocycles. The monoisotopic (exact) mass is 341 g/mol. The van der Waals surface area contributed by atoms with Crippen LogP contribution in [-0.4, -0.2) is 16.4 Å². The molecule has 1 aliphatic heterocycles. The summed E-state index contributed by atoms with van der Waals surface area (Å²) in [4.78, 5) is 6.21. The van der Waals surface area contributed by atoms with Crippen molar-refractivity contribution >= 4 is 29.0 Å². The van der Waals surface area contributed by atoms with Crippen LogP contribution in [0.3, 0.4) is 0 Å². The predicted octanol–water partition coefficient (Wildman–Crippen LogP) is 4.90. The lowest BCUT2D eigenvalue weighted by molar-refractivity contribution is 0.138. The number of para-hydroxylation sites is 1. The van der Waals surface area contributed by atoms with Gasteiger partial charge in [-0.05, 0) is 54.6 Å². The largest absolute Gasteiger partial charge is 0.399 e. The highest BCUT2D eigenvalue weighted by molar-refractivity contribution is 5.85. The van der Waals surface area contributed by atoms with Crippen LogP contribution in [0.15, 0.2) is 54.6 Å². The van der Waals surface area contributed by atoms with Crippen LogP contribution >= 0.6 is 12.4 Å². The summed E-state index contributed by atoms with van der Waals surface area (Å²) in [5.41, 5.74) is 10.7. The molecule has 0 spiro atoms. The van der Waals surface area contributed by atoms with Gasteiger partial charge in [-0.2, -0.15) is 0 Å². The van der Waals surface area contributed by atoms with Crippen LogP contribution in [0.25, 0.3) is 10.9 Å². The molecule has 126 valence electrons. The summed E-state index contributed by atoms with van der Waals surface area (Å²) < 4.78 is 0. The number of hydrogen-bond acceptors (Lipinski definition) is 2. The lowest BCUT2D eigenvalue weighted by atomic mass is 9.98. The van der Waals surface area contributed by atoms with Gasteiger partial charge >= 0.3 is 0 Å². The summed E-state index contributed by atoms with van der Waals surface area (Å²) in [6.45, 7) is 2.11. The van der Waals surface area contributed by atoms with Crippen molar-refractivity contribution in [3.05, 3.63) is 65.9 Å². The van der Waals surface area contributed by atoms with E-state index in [1.54, 1.807) is 0 Å². The maximum Gasteiger partial charge on any atom is 0.0502 e. The second-order valence-corrected chi connectivity index (χ2v) is 6.54. The summed E-state index contributed by atoms with van der Waals surface area (Å²) in [5.74, 6) is 0. The number of anilines is 1. The molecule has 1 saturated heterocycles. The highest BCUT2D eigenvalue weighted by Gasteiger charge is 2.25. The summed E-state index contributed by atoms with van der Waals surface area (Å²) in [5, 5.41) is 1.30. The lowest BCUT2D eigenvalue weighted by Gasteiger charge is -2.35. The smallest absolute Gasteiger partial charge is 0.0502 e. The second-order valence-electron chi connectivity index (χ2n) is 6.54. The molecule has 0 aliphatic carbocycles. The first kappa shape index (κ1) is 16.9. The van der Waals surface area contributed by atoms with E-state index in [9.17, 15) is 0 Å². The van der Waals surface area contributed by atoms with E-state index < -0.39 is 0 Å². The Morgan fingerprint density at radius 2 is 1.92 bits per heavy atom. The first-order valence-electron chi connectivity index (χ1n) is 8.46. The zero-order chi connectivity index (χ0) is 15.6. The highest BCUT2D eigenvalue weighted by Crippen LogP contribution is 2.33. The van der Waals surface area contributed by atoms with Crippen molar-refractivity contribution in [2.24, 2.45) is 0 Å². The van der Waals surface area contributed by atoms with Crippen LogP contribution in [0.5, 0.6) is 0 Å². The minimum Gasteiger partial charge on any atom is -0.399 e. The van der Waals surface area contributed by atoms with Crippen LogP contribution in [0.4, 0.5) is 5.69 Å². The summed E-state index contributed by atoms with van der Waals surface area (Å²) in [7, 11) is 0. The number of aromatic amines is 1. The van der Waals surface area contributed by atoms with Gasteiger partial charge in [0.15, 0.2) is 0 Å². The number of nitrogens with zero attached hydrogens (tertiary/aromatic N) is 1. The molecule has 3 nitrogen and oxygen atoms in total. The molecule has 1 aliphatic rings. The van der Waals surface area contributed by atoms with Crippen LogP contribution in [0.1, 0.15) is 36.6 Å². The second kappa shape index (κ2) is 7.29. The average molecular weight is 342 g/mol. The predicted molar refractivity (Wildman–Crippen MR) is 103 cm³/mol. The van der Waals surface area contributed by atoms with Gasteiger partial charge in [-0.25, -0.2) is 0 Å². The van der Waals surface area contributed by atoms with E-state index in [2.05, 4.69) is 52.3 Å². The molecule has 4 rings (SSSR count). The van der Waals surface area contributed by atoms with E-state index in [0.29, 0.717) is 6.04 Å². The third kappa shape index (κ3) is 3.42.